The van der Waals surface area contributed by atoms with Gasteiger partial charge in [-0.15, -0.1) is 0 Å². The second kappa shape index (κ2) is 5.81. The molecule has 1 N–H and O–H groups in total. The third-order valence-corrected chi connectivity index (χ3v) is 5.77. The summed E-state index contributed by atoms with van der Waals surface area (Å²) in [5.74, 6) is -0.709. The third kappa shape index (κ3) is 3.29. The van der Waals surface area contributed by atoms with Crippen LogP contribution in [0.5, 0.6) is 0 Å². The molecule has 3 rings (SSSR count). The van der Waals surface area contributed by atoms with Crippen molar-refractivity contribution in [1.82, 2.24) is 9.78 Å². The lowest BCUT2D eigenvalue weighted by molar-refractivity contribution is -0.119. The fourth-order valence-corrected chi connectivity index (χ4v) is 4.61. The van der Waals surface area contributed by atoms with Gasteiger partial charge in [-0.05, 0) is 38.5 Å². The van der Waals surface area contributed by atoms with Crippen molar-refractivity contribution in [3.05, 3.63) is 41.7 Å². The van der Waals surface area contributed by atoms with Gasteiger partial charge in [0.25, 0.3) is 0 Å². The van der Waals surface area contributed by atoms with Gasteiger partial charge in [0.1, 0.15) is 0 Å². The predicted octanol–water partition coefficient (Wildman–Crippen LogP) is 1.86. The number of aromatic nitrogens is 2. The zero-order chi connectivity index (χ0) is 16.6. The fraction of sp³-hybridized carbons (Fsp3) is 0.375. The molecule has 0 radical (unpaired) electrons. The van der Waals surface area contributed by atoms with Crippen LogP contribution in [-0.4, -0.2) is 35.6 Å². The van der Waals surface area contributed by atoms with E-state index in [4.69, 9.17) is 0 Å². The lowest BCUT2D eigenvalue weighted by Gasteiger charge is -2.14. The molecule has 2 aromatic rings. The number of nitrogens with zero attached hydrogens (tertiary/aromatic N) is 2. The van der Waals surface area contributed by atoms with Crippen molar-refractivity contribution in [2.24, 2.45) is 5.92 Å². The zero-order valence-electron chi connectivity index (χ0n) is 13.1. The average Bonchev–Trinajstić information content (AvgIpc) is 3.01. The standard InChI is InChI=1S/C16H19N3O3S/c1-11-9-12(2)19(18-11)15-6-4-3-5-14(15)17-16(20)13-7-8-23(21,22)10-13/h3-6,9,13H,7-8,10H2,1-2H3,(H,17,20). The lowest BCUT2D eigenvalue weighted by atomic mass is 10.1. The van der Waals surface area contributed by atoms with Crippen LogP contribution in [0.1, 0.15) is 17.8 Å². The van der Waals surface area contributed by atoms with Gasteiger partial charge < -0.3 is 5.32 Å². The SMILES string of the molecule is Cc1cc(C)n(-c2ccccc2NC(=O)C2CCS(=O)(=O)C2)n1. The van der Waals surface area contributed by atoms with Crippen molar-refractivity contribution >= 4 is 21.4 Å². The highest BCUT2D eigenvalue weighted by molar-refractivity contribution is 7.91. The molecule has 0 spiro atoms. The van der Waals surface area contributed by atoms with Crippen molar-refractivity contribution in [2.45, 2.75) is 20.3 Å². The van der Waals surface area contributed by atoms with Crippen LogP contribution in [0.4, 0.5) is 5.69 Å². The number of carbonyl (C=O) groups is 1. The van der Waals surface area contributed by atoms with Crippen LogP contribution in [-0.2, 0) is 14.6 Å². The van der Waals surface area contributed by atoms with E-state index in [2.05, 4.69) is 10.4 Å². The van der Waals surface area contributed by atoms with E-state index in [9.17, 15) is 13.2 Å². The Morgan fingerprint density at radius 1 is 1.30 bits per heavy atom. The summed E-state index contributed by atoms with van der Waals surface area (Å²) in [6.45, 7) is 3.86. The number of hydrogen-bond acceptors (Lipinski definition) is 4. The Hall–Kier alpha value is -2.15. The zero-order valence-corrected chi connectivity index (χ0v) is 13.9. The molecule has 1 amide bonds. The first kappa shape index (κ1) is 15.7. The van der Waals surface area contributed by atoms with Crippen LogP contribution in [0.25, 0.3) is 5.69 Å². The average molecular weight is 333 g/mol. The molecule has 0 saturated carbocycles. The molecule has 1 aromatic heterocycles. The number of anilines is 1. The summed E-state index contributed by atoms with van der Waals surface area (Å²) in [6, 6.07) is 9.34. The molecular weight excluding hydrogens is 314 g/mol. The smallest absolute Gasteiger partial charge is 0.228 e. The van der Waals surface area contributed by atoms with Crippen LogP contribution in [0.15, 0.2) is 30.3 Å². The van der Waals surface area contributed by atoms with Gasteiger partial charge in [-0.3, -0.25) is 4.79 Å². The number of benzene rings is 1. The number of amides is 1. The third-order valence-electron chi connectivity index (χ3n) is 4.00. The first-order valence-corrected chi connectivity index (χ1v) is 9.32. The van der Waals surface area contributed by atoms with Gasteiger partial charge in [-0.1, -0.05) is 12.1 Å². The summed E-state index contributed by atoms with van der Waals surface area (Å²) in [6.07, 6.45) is 0.385. The minimum Gasteiger partial charge on any atom is -0.324 e. The topological polar surface area (TPSA) is 81.1 Å². The first-order chi connectivity index (χ1) is 10.9. The van der Waals surface area contributed by atoms with Crippen LogP contribution in [0.2, 0.25) is 0 Å². The Kier molecular flexibility index (Phi) is 3.97. The van der Waals surface area contributed by atoms with Crippen molar-refractivity contribution in [3.8, 4) is 5.69 Å². The number of rotatable bonds is 3. The lowest BCUT2D eigenvalue weighted by Crippen LogP contribution is -2.24. The van der Waals surface area contributed by atoms with Crippen molar-refractivity contribution in [2.75, 3.05) is 16.8 Å². The number of aryl methyl sites for hydroxylation is 2. The molecule has 1 saturated heterocycles. The Balaban J connectivity index is 1.87. The quantitative estimate of drug-likeness (QED) is 0.929. The minimum absolute atomic E-state index is 0.0685. The maximum Gasteiger partial charge on any atom is 0.228 e. The Labute approximate surface area is 135 Å². The Bertz CT molecular complexity index is 855. The molecule has 122 valence electrons. The first-order valence-electron chi connectivity index (χ1n) is 7.50. The molecule has 2 heterocycles. The number of carbonyl (C=O) groups excluding carboxylic acids is 1. The van der Waals surface area contributed by atoms with Crippen LogP contribution in [0, 0.1) is 19.8 Å². The number of nitrogens with one attached hydrogen (secondary N) is 1. The Morgan fingerprint density at radius 2 is 2.04 bits per heavy atom. The van der Waals surface area contributed by atoms with Crippen LogP contribution in [0.3, 0.4) is 0 Å². The van der Waals surface area contributed by atoms with E-state index >= 15 is 0 Å². The molecule has 1 fully saturated rings. The summed E-state index contributed by atoms with van der Waals surface area (Å²) in [5.41, 5.74) is 3.26. The van der Waals surface area contributed by atoms with Crippen molar-refractivity contribution in [1.29, 1.82) is 0 Å². The number of para-hydroxylation sites is 2. The van der Waals surface area contributed by atoms with Gasteiger partial charge in [-0.25, -0.2) is 13.1 Å². The normalized spacial score (nSPS) is 19.7. The highest BCUT2D eigenvalue weighted by atomic mass is 32.2. The summed E-state index contributed by atoms with van der Waals surface area (Å²) in [7, 11) is -3.08. The predicted molar refractivity (Wildman–Crippen MR) is 88.4 cm³/mol. The van der Waals surface area contributed by atoms with Crippen LogP contribution < -0.4 is 5.32 Å². The van der Waals surface area contributed by atoms with Crippen molar-refractivity contribution < 1.29 is 13.2 Å². The maximum absolute atomic E-state index is 12.4. The number of sulfone groups is 1. The molecular formula is C16H19N3O3S. The highest BCUT2D eigenvalue weighted by Crippen LogP contribution is 2.24. The summed E-state index contributed by atoms with van der Waals surface area (Å²) in [5, 5.41) is 7.30. The molecule has 1 aliphatic heterocycles. The molecule has 1 atom stereocenters. The molecule has 1 unspecified atom stereocenters. The highest BCUT2D eigenvalue weighted by Gasteiger charge is 2.33. The van der Waals surface area contributed by atoms with Gasteiger partial charge in [0.05, 0.1) is 34.5 Å². The van der Waals surface area contributed by atoms with Gasteiger partial charge in [0, 0.05) is 5.69 Å². The largest absolute Gasteiger partial charge is 0.324 e. The molecule has 6 nitrogen and oxygen atoms in total. The molecule has 1 aliphatic rings. The Morgan fingerprint density at radius 3 is 2.65 bits per heavy atom. The van der Waals surface area contributed by atoms with E-state index in [1.807, 2.05) is 38.1 Å². The molecule has 7 heteroatoms. The van der Waals surface area contributed by atoms with Gasteiger partial charge in [0.2, 0.25) is 5.91 Å². The molecule has 1 aromatic carbocycles. The second-order valence-corrected chi connectivity index (χ2v) is 8.17. The summed E-state index contributed by atoms with van der Waals surface area (Å²) >= 11 is 0. The van der Waals surface area contributed by atoms with E-state index in [0.717, 1.165) is 17.1 Å². The second-order valence-electron chi connectivity index (χ2n) is 5.95. The molecule has 0 aliphatic carbocycles. The van der Waals surface area contributed by atoms with Gasteiger partial charge >= 0.3 is 0 Å². The molecule has 23 heavy (non-hydrogen) atoms. The maximum atomic E-state index is 12.4. The van der Waals surface area contributed by atoms with Gasteiger partial charge in [-0.2, -0.15) is 5.10 Å². The van der Waals surface area contributed by atoms with E-state index in [-0.39, 0.29) is 17.4 Å². The van der Waals surface area contributed by atoms with Gasteiger partial charge in [0.15, 0.2) is 9.84 Å². The van der Waals surface area contributed by atoms with Crippen molar-refractivity contribution in [3.63, 3.8) is 0 Å². The summed E-state index contributed by atoms with van der Waals surface area (Å²) < 4.78 is 24.9. The summed E-state index contributed by atoms with van der Waals surface area (Å²) in [4.78, 5) is 12.4. The fourth-order valence-electron chi connectivity index (χ4n) is 2.87. The minimum atomic E-state index is -3.08. The van der Waals surface area contributed by atoms with Crippen LogP contribution >= 0.6 is 0 Å². The van der Waals surface area contributed by atoms with E-state index in [1.165, 1.54) is 0 Å². The molecule has 0 bridgehead atoms. The van der Waals surface area contributed by atoms with E-state index < -0.39 is 15.8 Å². The van der Waals surface area contributed by atoms with E-state index in [0.29, 0.717) is 12.1 Å². The van der Waals surface area contributed by atoms with E-state index in [1.54, 1.807) is 10.7 Å². The monoisotopic (exact) mass is 333 g/mol. The number of hydrogen-bond donors (Lipinski definition) is 1.